The number of unbranched alkanes of at least 4 members (excludes halogenated alkanes) is 1. The SMILES string of the molecule is CCCCc1nc(Cl)c(CO)n1CCc1ccc(-c2ccccc2-c2nnn[nH]2)cc1. The van der Waals surface area contributed by atoms with Crippen LogP contribution in [0.5, 0.6) is 0 Å². The van der Waals surface area contributed by atoms with Crippen molar-refractivity contribution in [1.29, 1.82) is 0 Å². The third-order valence-electron chi connectivity index (χ3n) is 5.42. The van der Waals surface area contributed by atoms with Gasteiger partial charge in [-0.3, -0.25) is 0 Å². The van der Waals surface area contributed by atoms with Gasteiger partial charge in [0.05, 0.1) is 12.3 Å². The smallest absolute Gasteiger partial charge is 0.180 e. The van der Waals surface area contributed by atoms with E-state index in [0.29, 0.717) is 16.7 Å². The first-order valence-corrected chi connectivity index (χ1v) is 10.9. The summed E-state index contributed by atoms with van der Waals surface area (Å²) in [5.41, 5.74) is 5.03. The van der Waals surface area contributed by atoms with Gasteiger partial charge in [0.1, 0.15) is 5.82 Å². The number of H-pyrrole nitrogens is 1. The zero-order valence-corrected chi connectivity index (χ0v) is 18.2. The molecule has 8 heteroatoms. The number of nitrogens with one attached hydrogen (secondary N) is 1. The van der Waals surface area contributed by atoms with E-state index >= 15 is 0 Å². The Kier molecular flexibility index (Phi) is 6.74. The van der Waals surface area contributed by atoms with E-state index in [-0.39, 0.29) is 6.61 Å². The van der Waals surface area contributed by atoms with Crippen LogP contribution in [0.1, 0.15) is 36.8 Å². The lowest BCUT2D eigenvalue weighted by atomic mass is 9.98. The summed E-state index contributed by atoms with van der Waals surface area (Å²) in [6, 6.07) is 16.5. The number of aliphatic hydroxyl groups is 1. The monoisotopic (exact) mass is 436 g/mol. The number of aliphatic hydroxyl groups excluding tert-OH is 1. The van der Waals surface area contributed by atoms with E-state index in [1.807, 2.05) is 18.2 Å². The molecule has 4 rings (SSSR count). The summed E-state index contributed by atoms with van der Waals surface area (Å²) in [6.07, 6.45) is 3.83. The predicted octanol–water partition coefficient (Wildman–Crippen LogP) is 4.46. The lowest BCUT2D eigenvalue weighted by Crippen LogP contribution is -2.10. The second-order valence-electron chi connectivity index (χ2n) is 7.42. The molecule has 2 heterocycles. The van der Waals surface area contributed by atoms with Gasteiger partial charge in [-0.15, -0.1) is 5.10 Å². The van der Waals surface area contributed by atoms with Gasteiger partial charge in [-0.1, -0.05) is 73.5 Å². The van der Waals surface area contributed by atoms with Crippen molar-refractivity contribution in [2.75, 3.05) is 0 Å². The Labute approximate surface area is 186 Å². The molecule has 2 N–H and O–H groups in total. The maximum absolute atomic E-state index is 9.74. The van der Waals surface area contributed by atoms with Crippen LogP contribution in [0.4, 0.5) is 0 Å². The first-order valence-electron chi connectivity index (χ1n) is 10.5. The molecule has 7 nitrogen and oxygen atoms in total. The van der Waals surface area contributed by atoms with Gasteiger partial charge in [-0.05, 0) is 40.0 Å². The van der Waals surface area contributed by atoms with E-state index in [2.05, 4.69) is 67.4 Å². The summed E-state index contributed by atoms with van der Waals surface area (Å²) < 4.78 is 2.07. The summed E-state index contributed by atoms with van der Waals surface area (Å²) >= 11 is 6.25. The lowest BCUT2D eigenvalue weighted by molar-refractivity contribution is 0.270. The molecule has 0 aliphatic heterocycles. The summed E-state index contributed by atoms with van der Waals surface area (Å²) in [4.78, 5) is 4.47. The number of nitrogens with zero attached hydrogens (tertiary/aromatic N) is 5. The summed E-state index contributed by atoms with van der Waals surface area (Å²) in [5.74, 6) is 1.59. The molecule has 0 aliphatic rings. The normalized spacial score (nSPS) is 11.2. The number of halogens is 1. The average Bonchev–Trinajstić information content (AvgIpc) is 3.44. The number of hydrogen-bond acceptors (Lipinski definition) is 5. The molecule has 31 heavy (non-hydrogen) atoms. The quantitative estimate of drug-likeness (QED) is 0.404. The number of imidazole rings is 1. The van der Waals surface area contributed by atoms with Gasteiger partial charge in [0.25, 0.3) is 0 Å². The Morgan fingerprint density at radius 1 is 1.03 bits per heavy atom. The molecule has 0 aliphatic carbocycles. The molecule has 0 atom stereocenters. The molecule has 0 fully saturated rings. The van der Waals surface area contributed by atoms with Gasteiger partial charge in [-0.25, -0.2) is 10.1 Å². The van der Waals surface area contributed by atoms with E-state index in [1.54, 1.807) is 0 Å². The number of aromatic amines is 1. The Bertz CT molecular complexity index is 1120. The summed E-state index contributed by atoms with van der Waals surface area (Å²) in [7, 11) is 0. The molecule has 0 unspecified atom stereocenters. The first-order chi connectivity index (χ1) is 15.2. The van der Waals surface area contributed by atoms with Crippen LogP contribution in [-0.2, 0) is 26.0 Å². The minimum absolute atomic E-state index is 0.107. The molecule has 160 valence electrons. The number of rotatable bonds is 9. The van der Waals surface area contributed by atoms with Gasteiger partial charge in [0.2, 0.25) is 0 Å². The van der Waals surface area contributed by atoms with Crippen LogP contribution in [0.3, 0.4) is 0 Å². The highest BCUT2D eigenvalue weighted by molar-refractivity contribution is 6.30. The fourth-order valence-electron chi connectivity index (χ4n) is 3.75. The second-order valence-corrected chi connectivity index (χ2v) is 7.78. The van der Waals surface area contributed by atoms with E-state index in [4.69, 9.17) is 11.6 Å². The van der Waals surface area contributed by atoms with Gasteiger partial charge in [0.15, 0.2) is 11.0 Å². The zero-order valence-electron chi connectivity index (χ0n) is 17.4. The Morgan fingerprint density at radius 3 is 2.48 bits per heavy atom. The number of aryl methyl sites for hydroxylation is 2. The first kappa shape index (κ1) is 21.2. The van der Waals surface area contributed by atoms with Crippen molar-refractivity contribution in [3.05, 3.63) is 70.8 Å². The summed E-state index contributed by atoms with van der Waals surface area (Å²) in [6.45, 7) is 2.78. The van der Waals surface area contributed by atoms with Crippen molar-refractivity contribution in [1.82, 2.24) is 30.2 Å². The Morgan fingerprint density at radius 2 is 1.81 bits per heavy atom. The van der Waals surface area contributed by atoms with Gasteiger partial charge < -0.3 is 9.67 Å². The van der Waals surface area contributed by atoms with Crippen LogP contribution in [0, 0.1) is 0 Å². The van der Waals surface area contributed by atoms with E-state index in [1.165, 1.54) is 5.56 Å². The number of benzene rings is 2. The molecular formula is C23H25ClN6O. The highest BCUT2D eigenvalue weighted by atomic mass is 35.5. The molecule has 0 bridgehead atoms. The molecule has 2 aromatic heterocycles. The molecule has 0 radical (unpaired) electrons. The highest BCUT2D eigenvalue weighted by Crippen LogP contribution is 2.30. The van der Waals surface area contributed by atoms with Crippen LogP contribution in [0.25, 0.3) is 22.5 Å². The van der Waals surface area contributed by atoms with Crippen LogP contribution in [-0.4, -0.2) is 35.3 Å². The second kappa shape index (κ2) is 9.85. The molecule has 0 saturated carbocycles. The van der Waals surface area contributed by atoms with Crippen LogP contribution >= 0.6 is 11.6 Å². The van der Waals surface area contributed by atoms with E-state index in [0.717, 1.165) is 54.7 Å². The van der Waals surface area contributed by atoms with Crippen LogP contribution in [0.2, 0.25) is 5.15 Å². The van der Waals surface area contributed by atoms with Crippen LogP contribution < -0.4 is 0 Å². The fourth-order valence-corrected chi connectivity index (χ4v) is 4.01. The summed E-state index contributed by atoms with van der Waals surface area (Å²) in [5, 5.41) is 24.4. The number of aromatic nitrogens is 6. The fraction of sp³-hybridized carbons (Fsp3) is 0.304. The van der Waals surface area contributed by atoms with Gasteiger partial charge >= 0.3 is 0 Å². The van der Waals surface area contributed by atoms with Crippen molar-refractivity contribution in [3.63, 3.8) is 0 Å². The van der Waals surface area contributed by atoms with Crippen molar-refractivity contribution in [3.8, 4) is 22.5 Å². The molecule has 0 spiro atoms. The van der Waals surface area contributed by atoms with E-state index in [9.17, 15) is 5.11 Å². The lowest BCUT2D eigenvalue weighted by Gasteiger charge is -2.12. The molecule has 0 saturated heterocycles. The van der Waals surface area contributed by atoms with Gasteiger partial charge in [-0.2, -0.15) is 0 Å². The third kappa shape index (κ3) is 4.68. The van der Waals surface area contributed by atoms with Crippen molar-refractivity contribution >= 4 is 11.6 Å². The average molecular weight is 437 g/mol. The van der Waals surface area contributed by atoms with Crippen molar-refractivity contribution in [2.45, 2.75) is 45.8 Å². The van der Waals surface area contributed by atoms with Crippen LogP contribution in [0.15, 0.2) is 48.5 Å². The maximum Gasteiger partial charge on any atom is 0.180 e. The molecular weight excluding hydrogens is 412 g/mol. The standard InChI is InChI=1S/C23H25ClN6O/c1-2-3-8-21-25-22(24)20(15-31)30(21)14-13-16-9-11-17(12-10-16)18-6-4-5-7-19(18)23-26-28-29-27-23/h4-7,9-12,31H,2-3,8,13-15H2,1H3,(H,26,27,28,29). The molecule has 4 aromatic rings. The predicted molar refractivity (Wildman–Crippen MR) is 121 cm³/mol. The van der Waals surface area contributed by atoms with E-state index < -0.39 is 0 Å². The highest BCUT2D eigenvalue weighted by Gasteiger charge is 2.15. The molecule has 0 amide bonds. The maximum atomic E-state index is 9.74. The minimum Gasteiger partial charge on any atom is -0.390 e. The van der Waals surface area contributed by atoms with Crippen molar-refractivity contribution < 1.29 is 5.11 Å². The minimum atomic E-state index is -0.107. The van der Waals surface area contributed by atoms with Gasteiger partial charge in [0, 0.05) is 18.5 Å². The number of tetrazole rings is 1. The third-order valence-corrected chi connectivity index (χ3v) is 5.73. The number of hydrogen-bond donors (Lipinski definition) is 2. The largest absolute Gasteiger partial charge is 0.390 e. The molecule has 2 aromatic carbocycles. The topological polar surface area (TPSA) is 92.5 Å². The van der Waals surface area contributed by atoms with Crippen molar-refractivity contribution in [2.24, 2.45) is 0 Å². The Hall–Kier alpha value is -3.03. The zero-order chi connectivity index (χ0) is 21.6. The Balaban J connectivity index is 1.52.